The lowest BCUT2D eigenvalue weighted by Gasteiger charge is -2.32. The molecule has 7 nitrogen and oxygen atoms in total. The number of likely N-dealkylation sites (N-methyl/N-ethyl adjacent to an activating group) is 1. The van der Waals surface area contributed by atoms with Crippen LogP contribution in [0, 0.1) is 0 Å². The van der Waals surface area contributed by atoms with Gasteiger partial charge in [-0.05, 0) is 19.2 Å². The second kappa shape index (κ2) is 6.62. The summed E-state index contributed by atoms with van der Waals surface area (Å²) in [5.41, 5.74) is 1.82. The average Bonchev–Trinajstić information content (AvgIpc) is 3.11. The summed E-state index contributed by atoms with van der Waals surface area (Å²) in [5.74, 6) is -0.0756. The molecule has 1 amide bonds. The highest BCUT2D eigenvalue weighted by atomic mass is 32.1. The van der Waals surface area contributed by atoms with Crippen LogP contribution in [-0.4, -0.2) is 63.7 Å². The third-order valence-electron chi connectivity index (χ3n) is 4.74. The van der Waals surface area contributed by atoms with Gasteiger partial charge < -0.3 is 9.80 Å². The van der Waals surface area contributed by atoms with Crippen LogP contribution in [0.3, 0.4) is 0 Å². The molecular formula is C18H19N5O2S. The Balaban J connectivity index is 1.84. The van der Waals surface area contributed by atoms with Crippen LogP contribution in [0.5, 0.6) is 0 Å². The molecule has 0 spiro atoms. The van der Waals surface area contributed by atoms with Crippen molar-refractivity contribution in [3.63, 3.8) is 0 Å². The molecule has 1 aliphatic rings. The molecule has 0 N–H and O–H groups in total. The van der Waals surface area contributed by atoms with Gasteiger partial charge in [-0.15, -0.1) is 11.3 Å². The van der Waals surface area contributed by atoms with Crippen LogP contribution in [0.4, 0.5) is 0 Å². The van der Waals surface area contributed by atoms with E-state index in [9.17, 15) is 9.59 Å². The van der Waals surface area contributed by atoms with E-state index >= 15 is 0 Å². The minimum atomic E-state index is -0.239. The molecule has 8 heteroatoms. The fourth-order valence-electron chi connectivity index (χ4n) is 3.18. The van der Waals surface area contributed by atoms with Crippen LogP contribution in [0.15, 0.2) is 34.7 Å². The zero-order valence-corrected chi connectivity index (χ0v) is 15.5. The van der Waals surface area contributed by atoms with Gasteiger partial charge in [-0.2, -0.15) is 5.10 Å². The maximum absolute atomic E-state index is 13.0. The molecule has 0 aromatic carbocycles. The van der Waals surface area contributed by atoms with Crippen molar-refractivity contribution in [1.29, 1.82) is 0 Å². The molecule has 0 atom stereocenters. The molecule has 0 radical (unpaired) electrons. The maximum atomic E-state index is 13.0. The Morgan fingerprint density at radius 3 is 2.50 bits per heavy atom. The average molecular weight is 369 g/mol. The molecule has 4 heterocycles. The van der Waals surface area contributed by atoms with Gasteiger partial charge in [-0.25, -0.2) is 4.68 Å². The van der Waals surface area contributed by atoms with Crippen LogP contribution in [0.25, 0.3) is 21.3 Å². The molecule has 3 aromatic heterocycles. The number of fused-ring (bicyclic) bond motifs is 1. The SMILES string of the molecule is CN1CCN(C(=O)c2csc3c(-c4ccncc4)nn(C)c(=O)c23)CC1. The standard InChI is InChI=1S/C18H19N5O2S/c1-21-7-9-23(10-8-21)17(24)13-11-26-16-14(13)18(25)22(2)20-15(16)12-3-5-19-6-4-12/h3-6,11H,7-10H2,1-2H3. The van der Waals surface area contributed by atoms with E-state index in [1.165, 1.54) is 16.0 Å². The van der Waals surface area contributed by atoms with E-state index in [0.29, 0.717) is 29.7 Å². The number of nitrogens with zero attached hydrogens (tertiary/aromatic N) is 5. The molecule has 0 saturated carbocycles. The fourth-order valence-corrected chi connectivity index (χ4v) is 4.22. The number of piperazine rings is 1. The predicted octanol–water partition coefficient (Wildman–Crippen LogP) is 1.44. The van der Waals surface area contributed by atoms with E-state index in [0.717, 1.165) is 23.4 Å². The van der Waals surface area contributed by atoms with Crippen molar-refractivity contribution < 1.29 is 4.79 Å². The van der Waals surface area contributed by atoms with Gasteiger partial charge >= 0.3 is 0 Å². The van der Waals surface area contributed by atoms with Crippen LogP contribution in [0.2, 0.25) is 0 Å². The lowest BCUT2D eigenvalue weighted by Crippen LogP contribution is -2.47. The molecule has 3 aromatic rings. The molecule has 1 aliphatic heterocycles. The quantitative estimate of drug-likeness (QED) is 0.684. The van der Waals surface area contributed by atoms with Crippen molar-refractivity contribution >= 4 is 27.3 Å². The van der Waals surface area contributed by atoms with Gasteiger partial charge in [0.2, 0.25) is 0 Å². The van der Waals surface area contributed by atoms with Crippen molar-refractivity contribution in [3.8, 4) is 11.3 Å². The van der Waals surface area contributed by atoms with Gasteiger partial charge in [0.05, 0.1) is 15.6 Å². The summed E-state index contributed by atoms with van der Waals surface area (Å²) in [6.07, 6.45) is 3.38. The first-order chi connectivity index (χ1) is 12.6. The maximum Gasteiger partial charge on any atom is 0.276 e. The first kappa shape index (κ1) is 16.9. The smallest absolute Gasteiger partial charge is 0.276 e. The Labute approximate surface area is 154 Å². The van der Waals surface area contributed by atoms with Crippen molar-refractivity contribution in [3.05, 3.63) is 45.8 Å². The van der Waals surface area contributed by atoms with E-state index in [1.807, 2.05) is 24.1 Å². The van der Waals surface area contributed by atoms with Crippen LogP contribution in [-0.2, 0) is 7.05 Å². The summed E-state index contributed by atoms with van der Waals surface area (Å²) in [7, 11) is 3.67. The molecule has 0 bridgehead atoms. The molecule has 4 rings (SSSR count). The van der Waals surface area contributed by atoms with Crippen molar-refractivity contribution in [1.82, 2.24) is 24.6 Å². The number of hydrogen-bond donors (Lipinski definition) is 0. The zero-order valence-electron chi connectivity index (χ0n) is 14.7. The Kier molecular flexibility index (Phi) is 4.29. The van der Waals surface area contributed by atoms with Crippen molar-refractivity contribution in [2.45, 2.75) is 0 Å². The summed E-state index contributed by atoms with van der Waals surface area (Å²) in [5, 5.41) is 6.67. The largest absolute Gasteiger partial charge is 0.336 e. The van der Waals surface area contributed by atoms with Gasteiger partial charge in [-0.1, -0.05) is 0 Å². The highest BCUT2D eigenvalue weighted by Gasteiger charge is 2.25. The molecular weight excluding hydrogens is 350 g/mol. The third-order valence-corrected chi connectivity index (χ3v) is 5.73. The Hall–Kier alpha value is -2.58. The number of carbonyl (C=O) groups is 1. The number of amides is 1. The van der Waals surface area contributed by atoms with E-state index in [2.05, 4.69) is 15.0 Å². The number of thiophene rings is 1. The summed E-state index contributed by atoms with van der Waals surface area (Å²) in [4.78, 5) is 33.8. The number of carbonyl (C=O) groups excluding carboxylic acids is 1. The monoisotopic (exact) mass is 369 g/mol. The molecule has 26 heavy (non-hydrogen) atoms. The predicted molar refractivity (Wildman–Crippen MR) is 101 cm³/mol. The van der Waals surface area contributed by atoms with E-state index in [1.54, 1.807) is 24.8 Å². The summed E-state index contributed by atoms with van der Waals surface area (Å²) in [6.45, 7) is 3.04. The van der Waals surface area contributed by atoms with E-state index < -0.39 is 0 Å². The fraction of sp³-hybridized carbons (Fsp3) is 0.333. The van der Waals surface area contributed by atoms with Gasteiger partial charge in [0.25, 0.3) is 11.5 Å². The summed E-state index contributed by atoms with van der Waals surface area (Å²) < 4.78 is 2.06. The van der Waals surface area contributed by atoms with Gasteiger partial charge in [0, 0.05) is 56.6 Å². The number of pyridine rings is 1. The summed E-state index contributed by atoms with van der Waals surface area (Å²) in [6, 6.07) is 3.71. The van der Waals surface area contributed by atoms with Crippen LogP contribution < -0.4 is 5.56 Å². The highest BCUT2D eigenvalue weighted by Crippen LogP contribution is 2.32. The summed E-state index contributed by atoms with van der Waals surface area (Å²) >= 11 is 1.40. The van der Waals surface area contributed by atoms with E-state index in [4.69, 9.17) is 0 Å². The van der Waals surface area contributed by atoms with E-state index in [-0.39, 0.29) is 11.5 Å². The minimum Gasteiger partial charge on any atom is -0.336 e. The Morgan fingerprint density at radius 1 is 1.12 bits per heavy atom. The number of hydrogen-bond acceptors (Lipinski definition) is 6. The second-order valence-electron chi connectivity index (χ2n) is 6.46. The van der Waals surface area contributed by atoms with Crippen molar-refractivity contribution in [2.24, 2.45) is 7.05 Å². The van der Waals surface area contributed by atoms with Gasteiger partial charge in [-0.3, -0.25) is 14.6 Å². The van der Waals surface area contributed by atoms with Crippen molar-refractivity contribution in [2.75, 3.05) is 33.2 Å². The molecule has 134 valence electrons. The second-order valence-corrected chi connectivity index (χ2v) is 7.34. The first-order valence-electron chi connectivity index (χ1n) is 8.43. The third kappa shape index (κ3) is 2.81. The molecule has 1 fully saturated rings. The number of rotatable bonds is 2. The van der Waals surface area contributed by atoms with Crippen LogP contribution >= 0.6 is 11.3 Å². The normalized spacial score (nSPS) is 15.5. The van der Waals surface area contributed by atoms with Crippen LogP contribution in [0.1, 0.15) is 10.4 Å². The molecule has 0 aliphatic carbocycles. The Bertz CT molecular complexity index is 1020. The van der Waals surface area contributed by atoms with Gasteiger partial charge in [0.1, 0.15) is 5.69 Å². The Morgan fingerprint density at radius 2 is 1.81 bits per heavy atom. The lowest BCUT2D eigenvalue weighted by molar-refractivity contribution is 0.0666. The minimum absolute atomic E-state index is 0.0756. The molecule has 0 unspecified atom stereocenters. The number of aromatic nitrogens is 3. The lowest BCUT2D eigenvalue weighted by atomic mass is 10.1. The first-order valence-corrected chi connectivity index (χ1v) is 9.31. The zero-order chi connectivity index (χ0) is 18.3. The highest BCUT2D eigenvalue weighted by molar-refractivity contribution is 7.18. The topological polar surface area (TPSA) is 71.3 Å². The molecule has 1 saturated heterocycles. The number of aryl methyl sites for hydroxylation is 1. The van der Waals surface area contributed by atoms with Gasteiger partial charge in [0.15, 0.2) is 0 Å².